The maximum Gasteiger partial charge on any atom is 0.122 e. The Hall–Kier alpha value is -2.00. The number of hydrogen-bond donors (Lipinski definition) is 1. The standard InChI is InChI=1S/C27H40O3/c1-3-4-5-9-21-30-27-18-15-25(22-23(27)2)12-11-24-13-16-26(17-14-24)29-20-10-7-6-8-19-28/h13-18,22,28H,3-12,19-21H2,1-2H3. The Balaban J connectivity index is 1.70. The van der Waals surface area contributed by atoms with Crippen molar-refractivity contribution in [3.05, 3.63) is 59.2 Å². The van der Waals surface area contributed by atoms with Crippen molar-refractivity contribution >= 4 is 0 Å². The molecule has 0 fully saturated rings. The van der Waals surface area contributed by atoms with E-state index >= 15 is 0 Å². The minimum atomic E-state index is 0.291. The van der Waals surface area contributed by atoms with Crippen molar-refractivity contribution in [3.8, 4) is 11.5 Å². The van der Waals surface area contributed by atoms with Crippen molar-refractivity contribution < 1.29 is 14.6 Å². The summed E-state index contributed by atoms with van der Waals surface area (Å²) in [7, 11) is 0. The number of aliphatic hydroxyl groups is 1. The van der Waals surface area contributed by atoms with Crippen LogP contribution in [0.5, 0.6) is 11.5 Å². The van der Waals surface area contributed by atoms with Crippen LogP contribution in [0.15, 0.2) is 42.5 Å². The first kappa shape index (κ1) is 24.3. The van der Waals surface area contributed by atoms with Gasteiger partial charge in [0.05, 0.1) is 13.2 Å². The monoisotopic (exact) mass is 412 g/mol. The molecule has 2 aromatic rings. The third-order valence-corrected chi connectivity index (χ3v) is 5.44. The highest BCUT2D eigenvalue weighted by atomic mass is 16.5. The normalized spacial score (nSPS) is 10.9. The van der Waals surface area contributed by atoms with Crippen LogP contribution in [0, 0.1) is 6.92 Å². The summed E-state index contributed by atoms with van der Waals surface area (Å²) in [6.45, 7) is 6.23. The van der Waals surface area contributed by atoms with Crippen LogP contribution in [-0.2, 0) is 12.8 Å². The molecule has 3 nitrogen and oxygen atoms in total. The van der Waals surface area contributed by atoms with Gasteiger partial charge in [-0.05, 0) is 80.3 Å². The Morgan fingerprint density at radius 3 is 2.03 bits per heavy atom. The molecule has 30 heavy (non-hydrogen) atoms. The molecule has 0 bridgehead atoms. The fourth-order valence-electron chi connectivity index (χ4n) is 3.54. The van der Waals surface area contributed by atoms with Crippen LogP contribution in [0.2, 0.25) is 0 Å². The number of benzene rings is 2. The van der Waals surface area contributed by atoms with E-state index < -0.39 is 0 Å². The van der Waals surface area contributed by atoms with Gasteiger partial charge in [0.2, 0.25) is 0 Å². The topological polar surface area (TPSA) is 38.7 Å². The summed E-state index contributed by atoms with van der Waals surface area (Å²) in [6, 6.07) is 15.1. The number of unbranched alkanes of at least 4 members (excludes halogenated alkanes) is 6. The van der Waals surface area contributed by atoms with Gasteiger partial charge in [-0.3, -0.25) is 0 Å². The molecule has 2 rings (SSSR count). The van der Waals surface area contributed by atoms with Gasteiger partial charge in [0, 0.05) is 6.61 Å². The SMILES string of the molecule is CCCCCCOc1ccc(CCc2ccc(OCCCCCCO)cc2)cc1C. The molecule has 1 N–H and O–H groups in total. The lowest BCUT2D eigenvalue weighted by molar-refractivity contribution is 0.273. The molecule has 2 aromatic carbocycles. The van der Waals surface area contributed by atoms with Crippen molar-refractivity contribution in [2.24, 2.45) is 0 Å². The van der Waals surface area contributed by atoms with E-state index in [-0.39, 0.29) is 0 Å². The highest BCUT2D eigenvalue weighted by molar-refractivity contribution is 5.37. The summed E-state index contributed by atoms with van der Waals surface area (Å²) < 4.78 is 11.8. The minimum absolute atomic E-state index is 0.291. The molecule has 0 saturated heterocycles. The van der Waals surface area contributed by atoms with Crippen LogP contribution in [0.4, 0.5) is 0 Å². The lowest BCUT2D eigenvalue weighted by Gasteiger charge is -2.11. The van der Waals surface area contributed by atoms with E-state index in [9.17, 15) is 0 Å². The zero-order chi connectivity index (χ0) is 21.4. The van der Waals surface area contributed by atoms with Crippen LogP contribution in [-0.4, -0.2) is 24.9 Å². The highest BCUT2D eigenvalue weighted by Gasteiger charge is 2.03. The smallest absolute Gasteiger partial charge is 0.122 e. The van der Waals surface area contributed by atoms with E-state index in [1.807, 2.05) is 0 Å². The summed E-state index contributed by atoms with van der Waals surface area (Å²) in [5.41, 5.74) is 3.92. The summed E-state index contributed by atoms with van der Waals surface area (Å²) in [5.74, 6) is 1.96. The number of hydrogen-bond acceptors (Lipinski definition) is 3. The molecule has 0 aliphatic carbocycles. The first-order valence-corrected chi connectivity index (χ1v) is 11.8. The maximum atomic E-state index is 8.79. The summed E-state index contributed by atoms with van der Waals surface area (Å²) in [6.07, 6.45) is 11.1. The van der Waals surface area contributed by atoms with Crippen molar-refractivity contribution in [2.75, 3.05) is 19.8 Å². The molecule has 0 unspecified atom stereocenters. The van der Waals surface area contributed by atoms with E-state index in [4.69, 9.17) is 14.6 Å². The summed E-state index contributed by atoms with van der Waals surface area (Å²) >= 11 is 0. The van der Waals surface area contributed by atoms with Crippen LogP contribution < -0.4 is 9.47 Å². The second-order valence-electron chi connectivity index (χ2n) is 8.14. The van der Waals surface area contributed by atoms with Crippen molar-refractivity contribution in [1.29, 1.82) is 0 Å². The molecule has 0 heterocycles. The molecule has 0 saturated carbocycles. The lowest BCUT2D eigenvalue weighted by atomic mass is 10.0. The van der Waals surface area contributed by atoms with Gasteiger partial charge in [0.1, 0.15) is 11.5 Å². The van der Waals surface area contributed by atoms with Gasteiger partial charge in [0.25, 0.3) is 0 Å². The Morgan fingerprint density at radius 1 is 0.700 bits per heavy atom. The van der Waals surface area contributed by atoms with E-state index in [0.717, 1.165) is 69.7 Å². The second kappa shape index (κ2) is 14.9. The predicted octanol–water partition coefficient (Wildman–Crippen LogP) is 6.67. The zero-order valence-corrected chi connectivity index (χ0v) is 19.0. The Morgan fingerprint density at radius 2 is 1.33 bits per heavy atom. The van der Waals surface area contributed by atoms with Crippen LogP contribution in [0.25, 0.3) is 0 Å². The third kappa shape index (κ3) is 9.67. The second-order valence-corrected chi connectivity index (χ2v) is 8.14. The molecule has 0 radical (unpaired) electrons. The van der Waals surface area contributed by atoms with Gasteiger partial charge in [-0.25, -0.2) is 0 Å². The lowest BCUT2D eigenvalue weighted by Crippen LogP contribution is -2.00. The van der Waals surface area contributed by atoms with Crippen LogP contribution >= 0.6 is 0 Å². The van der Waals surface area contributed by atoms with Crippen molar-refractivity contribution in [1.82, 2.24) is 0 Å². The van der Waals surface area contributed by atoms with Gasteiger partial charge in [-0.15, -0.1) is 0 Å². The van der Waals surface area contributed by atoms with Gasteiger partial charge < -0.3 is 14.6 Å². The summed E-state index contributed by atoms with van der Waals surface area (Å²) in [5, 5.41) is 8.79. The molecule has 3 heteroatoms. The van der Waals surface area contributed by atoms with Crippen molar-refractivity contribution in [3.63, 3.8) is 0 Å². The van der Waals surface area contributed by atoms with E-state index in [1.54, 1.807) is 0 Å². The molecule has 0 aliphatic heterocycles. The molecular formula is C27H40O3. The van der Waals surface area contributed by atoms with Gasteiger partial charge in [-0.1, -0.05) is 56.9 Å². The fraction of sp³-hybridized carbons (Fsp3) is 0.556. The number of ether oxygens (including phenoxy) is 2. The van der Waals surface area contributed by atoms with E-state index in [2.05, 4.69) is 56.3 Å². The van der Waals surface area contributed by atoms with E-state index in [0.29, 0.717) is 6.61 Å². The Kier molecular flexibility index (Phi) is 12.1. The maximum absolute atomic E-state index is 8.79. The first-order chi connectivity index (χ1) is 14.7. The van der Waals surface area contributed by atoms with Gasteiger partial charge in [0.15, 0.2) is 0 Å². The average molecular weight is 413 g/mol. The van der Waals surface area contributed by atoms with Gasteiger partial charge in [-0.2, -0.15) is 0 Å². The summed E-state index contributed by atoms with van der Waals surface area (Å²) in [4.78, 5) is 0. The molecule has 0 amide bonds. The number of rotatable bonds is 16. The Labute approximate surface area is 183 Å². The minimum Gasteiger partial charge on any atom is -0.494 e. The molecular weight excluding hydrogens is 372 g/mol. The highest BCUT2D eigenvalue weighted by Crippen LogP contribution is 2.21. The van der Waals surface area contributed by atoms with Crippen LogP contribution in [0.1, 0.15) is 75.0 Å². The first-order valence-electron chi connectivity index (χ1n) is 11.8. The fourth-order valence-corrected chi connectivity index (χ4v) is 3.54. The molecule has 0 aliphatic rings. The predicted molar refractivity (Wildman–Crippen MR) is 126 cm³/mol. The largest absolute Gasteiger partial charge is 0.494 e. The zero-order valence-electron chi connectivity index (χ0n) is 19.0. The average Bonchev–Trinajstić information content (AvgIpc) is 2.76. The molecule has 0 spiro atoms. The third-order valence-electron chi connectivity index (χ3n) is 5.44. The Bertz CT molecular complexity index is 694. The van der Waals surface area contributed by atoms with Gasteiger partial charge >= 0.3 is 0 Å². The number of aryl methyl sites for hydroxylation is 3. The molecule has 0 atom stereocenters. The molecule has 166 valence electrons. The molecule has 0 aromatic heterocycles. The van der Waals surface area contributed by atoms with E-state index in [1.165, 1.54) is 36.0 Å². The van der Waals surface area contributed by atoms with Crippen molar-refractivity contribution in [2.45, 2.75) is 78.1 Å². The van der Waals surface area contributed by atoms with Crippen LogP contribution in [0.3, 0.4) is 0 Å². The number of aliphatic hydroxyl groups excluding tert-OH is 1. The quantitative estimate of drug-likeness (QED) is 0.313.